The molecule has 3 saturated heterocycles. The Morgan fingerprint density at radius 2 is 1.80 bits per heavy atom. The molecule has 9 nitrogen and oxygen atoms in total. The minimum atomic E-state index is -0.409. The van der Waals surface area contributed by atoms with Gasteiger partial charge in [-0.3, -0.25) is 19.8 Å². The van der Waals surface area contributed by atoms with E-state index in [1.165, 1.54) is 25.9 Å². The van der Waals surface area contributed by atoms with E-state index in [9.17, 15) is 9.59 Å². The molecule has 2 aromatic rings. The molecule has 35 heavy (non-hydrogen) atoms. The van der Waals surface area contributed by atoms with Crippen LogP contribution in [0.2, 0.25) is 0 Å². The number of hydrogen-bond donors (Lipinski definition) is 1. The third-order valence-electron chi connectivity index (χ3n) is 6.72. The molecule has 0 unspecified atom stereocenters. The van der Waals surface area contributed by atoms with Gasteiger partial charge in [0.2, 0.25) is 11.8 Å². The van der Waals surface area contributed by atoms with Crippen LogP contribution in [0.1, 0.15) is 25.5 Å². The summed E-state index contributed by atoms with van der Waals surface area (Å²) in [6, 6.07) is 11.8. The Balaban J connectivity index is 1.33. The van der Waals surface area contributed by atoms with Crippen LogP contribution in [-0.4, -0.2) is 82.8 Å². The van der Waals surface area contributed by atoms with Crippen LogP contribution in [0.15, 0.2) is 41.3 Å². The smallest absolute Gasteiger partial charge is 0.290 e. The van der Waals surface area contributed by atoms with Gasteiger partial charge in [0.1, 0.15) is 5.75 Å². The van der Waals surface area contributed by atoms with Crippen LogP contribution < -0.4 is 15.0 Å². The molecule has 3 fully saturated rings. The van der Waals surface area contributed by atoms with Crippen LogP contribution in [0.4, 0.5) is 10.7 Å². The molecule has 2 amide bonds. The van der Waals surface area contributed by atoms with Crippen LogP contribution >= 0.6 is 11.8 Å². The summed E-state index contributed by atoms with van der Waals surface area (Å²) in [5.41, 5.74) is 0.530. The van der Waals surface area contributed by atoms with Crippen molar-refractivity contribution < 1.29 is 14.3 Å². The molecule has 184 valence electrons. The van der Waals surface area contributed by atoms with Crippen molar-refractivity contribution in [2.75, 3.05) is 50.7 Å². The lowest BCUT2D eigenvalue weighted by Gasteiger charge is -2.42. The number of carbonyl (C=O) groups is 2. The normalized spacial score (nSPS) is 21.5. The first-order valence-corrected chi connectivity index (χ1v) is 13.0. The highest BCUT2D eigenvalue weighted by molar-refractivity contribution is 8.18. The van der Waals surface area contributed by atoms with E-state index in [-0.39, 0.29) is 5.24 Å². The van der Waals surface area contributed by atoms with E-state index in [1.54, 1.807) is 12.1 Å². The van der Waals surface area contributed by atoms with Crippen molar-refractivity contribution in [3.8, 4) is 11.6 Å². The van der Waals surface area contributed by atoms with Gasteiger partial charge in [0, 0.05) is 38.3 Å². The fourth-order valence-corrected chi connectivity index (χ4v) is 5.42. The Morgan fingerprint density at radius 3 is 2.46 bits per heavy atom. The second kappa shape index (κ2) is 10.8. The molecule has 1 N–H and O–H groups in total. The lowest BCUT2D eigenvalue weighted by Crippen LogP contribution is -2.53. The van der Waals surface area contributed by atoms with Gasteiger partial charge in [-0.1, -0.05) is 25.1 Å². The number of piperazine rings is 1. The van der Waals surface area contributed by atoms with Crippen LogP contribution in [0, 0.1) is 0 Å². The molecule has 0 saturated carbocycles. The van der Waals surface area contributed by atoms with Crippen molar-refractivity contribution in [1.29, 1.82) is 0 Å². The van der Waals surface area contributed by atoms with Gasteiger partial charge >= 0.3 is 0 Å². The summed E-state index contributed by atoms with van der Waals surface area (Å²) in [7, 11) is 0. The molecule has 0 aliphatic carbocycles. The van der Waals surface area contributed by atoms with Crippen molar-refractivity contribution in [2.45, 2.75) is 25.8 Å². The van der Waals surface area contributed by atoms with E-state index in [2.05, 4.69) is 31.9 Å². The third kappa shape index (κ3) is 5.83. The topological polar surface area (TPSA) is 90.9 Å². The summed E-state index contributed by atoms with van der Waals surface area (Å²) in [6.07, 6.45) is 4.06. The van der Waals surface area contributed by atoms with Gasteiger partial charge in [-0.25, -0.2) is 4.98 Å². The number of anilines is 1. The lowest BCUT2D eigenvalue weighted by molar-refractivity contribution is -0.115. The minimum absolute atomic E-state index is 0.313. The number of hydrogen-bond acceptors (Lipinski definition) is 9. The number of likely N-dealkylation sites (tertiary alicyclic amines) is 1. The quantitative estimate of drug-likeness (QED) is 0.608. The second-order valence-electron chi connectivity index (χ2n) is 8.89. The van der Waals surface area contributed by atoms with Crippen LogP contribution in [0.3, 0.4) is 0 Å². The minimum Gasteiger partial charge on any atom is -0.439 e. The Hall–Kier alpha value is -2.95. The highest BCUT2D eigenvalue weighted by Gasteiger charge is 2.29. The zero-order valence-electron chi connectivity index (χ0n) is 19.9. The van der Waals surface area contributed by atoms with Crippen molar-refractivity contribution in [1.82, 2.24) is 25.1 Å². The second-order valence-corrected chi connectivity index (χ2v) is 9.90. The SMILES string of the molecule is CCN1CCC(N2CCN(c3nc(/C=C4/SC(=O)NC4=O)cc(Oc4ccccc4)n3)CC2)CC1. The number of nitrogens with one attached hydrogen (secondary N) is 1. The number of carbonyl (C=O) groups excluding carboxylic acids is 2. The summed E-state index contributed by atoms with van der Waals surface area (Å²) in [5.74, 6) is 1.23. The third-order valence-corrected chi connectivity index (χ3v) is 7.53. The van der Waals surface area contributed by atoms with Gasteiger partial charge in [0.05, 0.1) is 10.6 Å². The van der Waals surface area contributed by atoms with Crippen molar-refractivity contribution in [3.63, 3.8) is 0 Å². The van der Waals surface area contributed by atoms with Crippen LogP contribution in [0.25, 0.3) is 6.08 Å². The number of benzene rings is 1. The zero-order chi connectivity index (χ0) is 24.2. The maximum Gasteiger partial charge on any atom is 0.290 e. The summed E-state index contributed by atoms with van der Waals surface area (Å²) in [5, 5.41) is 1.91. The van der Waals surface area contributed by atoms with E-state index >= 15 is 0 Å². The Kier molecular flexibility index (Phi) is 7.31. The molecular weight excluding hydrogens is 464 g/mol. The molecular formula is C25H30N6O3S. The summed E-state index contributed by atoms with van der Waals surface area (Å²) in [4.78, 5) is 40.6. The number of thioether (sulfide) groups is 1. The average Bonchev–Trinajstić information content (AvgIpc) is 3.20. The van der Waals surface area contributed by atoms with Gasteiger partial charge < -0.3 is 14.5 Å². The largest absolute Gasteiger partial charge is 0.439 e. The van der Waals surface area contributed by atoms with E-state index in [4.69, 9.17) is 9.72 Å². The number of aromatic nitrogens is 2. The molecule has 5 rings (SSSR count). The Morgan fingerprint density at radius 1 is 1.06 bits per heavy atom. The van der Waals surface area contributed by atoms with Crippen LogP contribution in [-0.2, 0) is 4.79 Å². The zero-order valence-corrected chi connectivity index (χ0v) is 20.7. The molecule has 10 heteroatoms. The first-order chi connectivity index (χ1) is 17.1. The Labute approximate surface area is 209 Å². The fourth-order valence-electron chi connectivity index (χ4n) is 4.75. The highest BCUT2D eigenvalue weighted by atomic mass is 32.2. The maximum absolute atomic E-state index is 12.1. The monoisotopic (exact) mass is 494 g/mol. The molecule has 4 heterocycles. The van der Waals surface area contributed by atoms with Gasteiger partial charge in [-0.05, 0) is 62.4 Å². The van der Waals surface area contributed by atoms with E-state index in [0.717, 1.165) is 44.5 Å². The van der Waals surface area contributed by atoms with Gasteiger partial charge in [0.15, 0.2) is 0 Å². The number of para-hydroxylation sites is 1. The average molecular weight is 495 g/mol. The first kappa shape index (κ1) is 23.8. The summed E-state index contributed by atoms with van der Waals surface area (Å²) < 4.78 is 6.00. The van der Waals surface area contributed by atoms with Crippen molar-refractivity contribution >= 4 is 34.9 Å². The molecule has 0 spiro atoms. The molecule has 1 aromatic carbocycles. The highest BCUT2D eigenvalue weighted by Crippen LogP contribution is 2.28. The fraction of sp³-hybridized carbons (Fsp3) is 0.440. The number of ether oxygens (including phenoxy) is 1. The number of piperidine rings is 1. The van der Waals surface area contributed by atoms with E-state index in [0.29, 0.717) is 34.2 Å². The molecule has 0 bridgehead atoms. The molecule has 0 atom stereocenters. The maximum atomic E-state index is 12.1. The number of imide groups is 1. The predicted molar refractivity (Wildman–Crippen MR) is 137 cm³/mol. The number of rotatable bonds is 6. The number of nitrogens with zero attached hydrogens (tertiary/aromatic N) is 5. The summed E-state index contributed by atoms with van der Waals surface area (Å²) in [6.45, 7) is 9.30. The van der Waals surface area contributed by atoms with Crippen LogP contribution in [0.5, 0.6) is 11.6 Å². The molecule has 0 radical (unpaired) electrons. The molecule has 3 aliphatic heterocycles. The molecule has 3 aliphatic rings. The van der Waals surface area contributed by atoms with E-state index in [1.807, 2.05) is 30.3 Å². The van der Waals surface area contributed by atoms with Gasteiger partial charge in [-0.2, -0.15) is 4.98 Å². The molecule has 1 aromatic heterocycles. The predicted octanol–water partition coefficient (Wildman–Crippen LogP) is 3.20. The number of amides is 2. The van der Waals surface area contributed by atoms with Gasteiger partial charge in [-0.15, -0.1) is 0 Å². The Bertz CT molecular complexity index is 1100. The van der Waals surface area contributed by atoms with Crippen molar-refractivity contribution in [2.24, 2.45) is 0 Å². The van der Waals surface area contributed by atoms with Gasteiger partial charge in [0.25, 0.3) is 11.1 Å². The summed E-state index contributed by atoms with van der Waals surface area (Å²) >= 11 is 0.874. The lowest BCUT2D eigenvalue weighted by atomic mass is 10.0. The van der Waals surface area contributed by atoms with E-state index < -0.39 is 5.91 Å². The van der Waals surface area contributed by atoms with Crippen molar-refractivity contribution in [3.05, 3.63) is 47.0 Å². The standard InChI is InChI=1S/C25H30N6O3S/c1-2-29-10-8-19(9-11-29)30-12-14-31(15-13-30)24-26-18(16-21-23(32)28-25(33)35-21)17-22(27-24)34-20-6-4-3-5-7-20/h3-7,16-17,19H,2,8-15H2,1H3,(H,28,32,33)/b21-16+. The first-order valence-electron chi connectivity index (χ1n) is 12.2.